The van der Waals surface area contributed by atoms with Gasteiger partial charge in [-0.15, -0.1) is 0 Å². The second-order valence-electron chi connectivity index (χ2n) is 5.46. The zero-order chi connectivity index (χ0) is 14.4. The molecule has 0 spiro atoms. The fourth-order valence-electron chi connectivity index (χ4n) is 2.48. The third-order valence-electron chi connectivity index (χ3n) is 3.67. The van der Waals surface area contributed by atoms with E-state index < -0.39 is 0 Å². The van der Waals surface area contributed by atoms with E-state index in [1.807, 2.05) is 0 Å². The fraction of sp³-hybridized carbons (Fsp3) is 0.333. The zero-order valence-corrected chi connectivity index (χ0v) is 12.7. The molecule has 1 unspecified atom stereocenters. The van der Waals surface area contributed by atoms with Gasteiger partial charge >= 0.3 is 0 Å². The van der Waals surface area contributed by atoms with Crippen LogP contribution in [-0.4, -0.2) is 32.6 Å². The summed E-state index contributed by atoms with van der Waals surface area (Å²) in [6, 6.07) is 21.8. The van der Waals surface area contributed by atoms with Crippen LogP contribution in [0.15, 0.2) is 60.7 Å². The lowest BCUT2D eigenvalue weighted by atomic mass is 10.0. The van der Waals surface area contributed by atoms with E-state index in [2.05, 4.69) is 91.6 Å². The van der Waals surface area contributed by atoms with E-state index in [-0.39, 0.29) is 0 Å². The summed E-state index contributed by atoms with van der Waals surface area (Å²) in [7, 11) is 6.44. The monoisotopic (exact) mass is 268 g/mol. The summed E-state index contributed by atoms with van der Waals surface area (Å²) in [6.07, 6.45) is 1.11. The number of hydrogen-bond acceptors (Lipinski definition) is 2. The predicted octanol–water partition coefficient (Wildman–Crippen LogP) is 3.82. The molecular weight excluding hydrogens is 244 g/mol. The summed E-state index contributed by atoms with van der Waals surface area (Å²) in [5.74, 6) is 0. The third kappa shape index (κ3) is 3.84. The standard InChI is InChI=1S/C18H24N2/c1-19(2)15-14-18(16-10-6-4-7-11-16)20(3)17-12-8-5-9-13-17/h4-13,18H,14-15H2,1-3H3. The topological polar surface area (TPSA) is 6.48 Å². The van der Waals surface area contributed by atoms with Crippen LogP contribution in [0.2, 0.25) is 0 Å². The lowest BCUT2D eigenvalue weighted by molar-refractivity contribution is 0.379. The molecule has 106 valence electrons. The van der Waals surface area contributed by atoms with Gasteiger partial charge in [-0.25, -0.2) is 0 Å². The Kier molecular flexibility index (Phi) is 5.19. The van der Waals surface area contributed by atoms with Crippen LogP contribution in [0.5, 0.6) is 0 Å². The highest BCUT2D eigenvalue weighted by Gasteiger charge is 2.17. The molecule has 0 amide bonds. The summed E-state index contributed by atoms with van der Waals surface area (Å²) in [5, 5.41) is 0. The van der Waals surface area contributed by atoms with Gasteiger partial charge in [0.05, 0.1) is 6.04 Å². The molecule has 0 heterocycles. The number of benzene rings is 2. The largest absolute Gasteiger partial charge is 0.368 e. The van der Waals surface area contributed by atoms with E-state index in [0.717, 1.165) is 13.0 Å². The Balaban J connectivity index is 2.22. The normalized spacial score (nSPS) is 12.4. The highest BCUT2D eigenvalue weighted by molar-refractivity contribution is 5.47. The molecule has 0 aromatic heterocycles. The van der Waals surface area contributed by atoms with Gasteiger partial charge in [-0.3, -0.25) is 0 Å². The van der Waals surface area contributed by atoms with Crippen molar-refractivity contribution < 1.29 is 0 Å². The Morgan fingerprint density at radius 1 is 0.800 bits per heavy atom. The van der Waals surface area contributed by atoms with Gasteiger partial charge in [0, 0.05) is 12.7 Å². The van der Waals surface area contributed by atoms with Crippen molar-refractivity contribution in [2.45, 2.75) is 12.5 Å². The minimum atomic E-state index is 0.404. The molecular formula is C18H24N2. The highest BCUT2D eigenvalue weighted by Crippen LogP contribution is 2.28. The summed E-state index contributed by atoms with van der Waals surface area (Å²) < 4.78 is 0. The fourth-order valence-corrected chi connectivity index (χ4v) is 2.48. The van der Waals surface area contributed by atoms with Crippen molar-refractivity contribution in [1.29, 1.82) is 0 Å². The lowest BCUT2D eigenvalue weighted by Crippen LogP contribution is -2.27. The SMILES string of the molecule is CN(C)CCC(c1ccccc1)N(C)c1ccccc1. The van der Waals surface area contributed by atoms with Crippen LogP contribution in [0.25, 0.3) is 0 Å². The molecule has 0 aliphatic rings. The maximum absolute atomic E-state index is 2.37. The Bertz CT molecular complexity index is 493. The van der Waals surface area contributed by atoms with Crippen LogP contribution in [0.3, 0.4) is 0 Å². The molecule has 20 heavy (non-hydrogen) atoms. The minimum absolute atomic E-state index is 0.404. The Labute approximate surface area is 122 Å². The van der Waals surface area contributed by atoms with Crippen LogP contribution in [0.4, 0.5) is 5.69 Å². The summed E-state index contributed by atoms with van der Waals surface area (Å²) in [5.41, 5.74) is 2.64. The maximum Gasteiger partial charge on any atom is 0.0551 e. The van der Waals surface area contributed by atoms with E-state index in [0.29, 0.717) is 6.04 Å². The summed E-state index contributed by atoms with van der Waals surface area (Å²) in [6.45, 7) is 1.08. The van der Waals surface area contributed by atoms with Gasteiger partial charge in [0.2, 0.25) is 0 Å². The Morgan fingerprint density at radius 2 is 1.35 bits per heavy atom. The quantitative estimate of drug-likeness (QED) is 0.786. The predicted molar refractivity (Wildman–Crippen MR) is 87.2 cm³/mol. The number of rotatable bonds is 6. The molecule has 2 heteroatoms. The average Bonchev–Trinajstić information content (AvgIpc) is 2.49. The van der Waals surface area contributed by atoms with Crippen molar-refractivity contribution in [2.24, 2.45) is 0 Å². The molecule has 2 nitrogen and oxygen atoms in total. The van der Waals surface area contributed by atoms with Gasteiger partial charge in [0.25, 0.3) is 0 Å². The molecule has 2 rings (SSSR count). The van der Waals surface area contributed by atoms with Crippen LogP contribution >= 0.6 is 0 Å². The van der Waals surface area contributed by atoms with E-state index in [1.165, 1.54) is 11.3 Å². The summed E-state index contributed by atoms with van der Waals surface area (Å²) in [4.78, 5) is 4.62. The average molecular weight is 268 g/mol. The van der Waals surface area contributed by atoms with Crippen LogP contribution < -0.4 is 4.90 Å². The number of hydrogen-bond donors (Lipinski definition) is 0. The number of anilines is 1. The van der Waals surface area contributed by atoms with Crippen molar-refractivity contribution in [1.82, 2.24) is 4.90 Å². The van der Waals surface area contributed by atoms with E-state index in [1.54, 1.807) is 0 Å². The first-order chi connectivity index (χ1) is 9.68. The van der Waals surface area contributed by atoms with E-state index in [4.69, 9.17) is 0 Å². The first-order valence-corrected chi connectivity index (χ1v) is 7.16. The molecule has 0 N–H and O–H groups in total. The zero-order valence-electron chi connectivity index (χ0n) is 12.7. The van der Waals surface area contributed by atoms with Gasteiger partial charge in [-0.2, -0.15) is 0 Å². The van der Waals surface area contributed by atoms with Gasteiger partial charge in [0.1, 0.15) is 0 Å². The second kappa shape index (κ2) is 7.11. The highest BCUT2D eigenvalue weighted by atomic mass is 15.1. The third-order valence-corrected chi connectivity index (χ3v) is 3.67. The molecule has 1 atom stereocenters. The molecule has 0 saturated carbocycles. The Morgan fingerprint density at radius 3 is 1.90 bits per heavy atom. The minimum Gasteiger partial charge on any atom is -0.368 e. The second-order valence-corrected chi connectivity index (χ2v) is 5.46. The number of para-hydroxylation sites is 1. The van der Waals surface area contributed by atoms with E-state index in [9.17, 15) is 0 Å². The van der Waals surface area contributed by atoms with Gasteiger partial charge in [-0.05, 0) is 44.8 Å². The van der Waals surface area contributed by atoms with Gasteiger partial charge < -0.3 is 9.80 Å². The van der Waals surface area contributed by atoms with Crippen LogP contribution in [0, 0.1) is 0 Å². The van der Waals surface area contributed by atoms with Gasteiger partial charge in [0.15, 0.2) is 0 Å². The smallest absolute Gasteiger partial charge is 0.0551 e. The van der Waals surface area contributed by atoms with Crippen LogP contribution in [0.1, 0.15) is 18.0 Å². The molecule has 2 aromatic rings. The molecule has 0 bridgehead atoms. The molecule has 0 aliphatic carbocycles. The van der Waals surface area contributed by atoms with Crippen molar-refractivity contribution in [2.75, 3.05) is 32.6 Å². The summed E-state index contributed by atoms with van der Waals surface area (Å²) >= 11 is 0. The van der Waals surface area contributed by atoms with Gasteiger partial charge in [-0.1, -0.05) is 48.5 Å². The molecule has 0 radical (unpaired) electrons. The van der Waals surface area contributed by atoms with Crippen molar-refractivity contribution in [3.63, 3.8) is 0 Å². The van der Waals surface area contributed by atoms with Crippen LogP contribution in [-0.2, 0) is 0 Å². The molecule has 0 saturated heterocycles. The van der Waals surface area contributed by atoms with E-state index >= 15 is 0 Å². The molecule has 2 aromatic carbocycles. The maximum atomic E-state index is 2.37. The number of nitrogens with zero attached hydrogens (tertiary/aromatic N) is 2. The van der Waals surface area contributed by atoms with Crippen molar-refractivity contribution >= 4 is 5.69 Å². The first kappa shape index (κ1) is 14.6. The first-order valence-electron chi connectivity index (χ1n) is 7.16. The van der Waals surface area contributed by atoms with Crippen molar-refractivity contribution in [3.8, 4) is 0 Å². The van der Waals surface area contributed by atoms with Crippen molar-refractivity contribution in [3.05, 3.63) is 66.2 Å². The molecule has 0 fully saturated rings. The lowest BCUT2D eigenvalue weighted by Gasteiger charge is -2.31. The molecule has 0 aliphatic heterocycles. The Hall–Kier alpha value is -1.80.